The van der Waals surface area contributed by atoms with Gasteiger partial charge in [0.2, 0.25) is 5.91 Å². The molecule has 1 atom stereocenters. The molecule has 0 bridgehead atoms. The molecule has 3 aromatic carbocycles. The number of amides is 3. The molecule has 152 valence electrons. The lowest BCUT2D eigenvalue weighted by Gasteiger charge is -2.17. The number of carbonyl (C=O) groups excluding carboxylic acids is 2. The molecule has 30 heavy (non-hydrogen) atoms. The van der Waals surface area contributed by atoms with Crippen LogP contribution in [-0.2, 0) is 4.79 Å². The Labute approximate surface area is 173 Å². The number of carbonyl (C=O) groups is 2. The SMILES string of the molecule is O=C(Nc1ccc(Oc2ccccc2)cc1)NC1CC(=O)N(c2cccc(F)c2)C1. The van der Waals surface area contributed by atoms with Gasteiger partial charge in [-0.05, 0) is 54.6 Å². The van der Waals surface area contributed by atoms with Crippen molar-refractivity contribution >= 4 is 23.3 Å². The maximum Gasteiger partial charge on any atom is 0.319 e. The zero-order valence-corrected chi connectivity index (χ0v) is 16.0. The summed E-state index contributed by atoms with van der Waals surface area (Å²) in [7, 11) is 0. The number of urea groups is 1. The van der Waals surface area contributed by atoms with Crippen LogP contribution in [0.4, 0.5) is 20.6 Å². The third-order valence-electron chi connectivity index (χ3n) is 4.67. The van der Waals surface area contributed by atoms with Gasteiger partial charge in [0, 0.05) is 24.3 Å². The van der Waals surface area contributed by atoms with Crippen molar-refractivity contribution in [3.63, 3.8) is 0 Å². The van der Waals surface area contributed by atoms with Crippen molar-refractivity contribution in [2.45, 2.75) is 12.5 Å². The Morgan fingerprint density at radius 1 is 0.967 bits per heavy atom. The van der Waals surface area contributed by atoms with Crippen molar-refractivity contribution in [1.82, 2.24) is 5.32 Å². The van der Waals surface area contributed by atoms with E-state index in [0.29, 0.717) is 23.7 Å². The number of nitrogens with one attached hydrogen (secondary N) is 2. The smallest absolute Gasteiger partial charge is 0.319 e. The molecule has 1 unspecified atom stereocenters. The largest absolute Gasteiger partial charge is 0.457 e. The predicted octanol–water partition coefficient (Wildman–Crippen LogP) is 4.55. The highest BCUT2D eigenvalue weighted by Gasteiger charge is 2.31. The number of para-hydroxylation sites is 1. The van der Waals surface area contributed by atoms with Crippen molar-refractivity contribution in [2.24, 2.45) is 0 Å². The van der Waals surface area contributed by atoms with E-state index in [2.05, 4.69) is 10.6 Å². The summed E-state index contributed by atoms with van der Waals surface area (Å²) in [5.74, 6) is 0.812. The molecule has 3 amide bonds. The molecule has 1 aliphatic heterocycles. The van der Waals surface area contributed by atoms with Gasteiger partial charge in [-0.25, -0.2) is 9.18 Å². The fraction of sp³-hybridized carbons (Fsp3) is 0.130. The first kappa shape index (κ1) is 19.4. The molecule has 6 nitrogen and oxygen atoms in total. The Morgan fingerprint density at radius 3 is 2.43 bits per heavy atom. The lowest BCUT2D eigenvalue weighted by atomic mass is 10.2. The molecule has 4 rings (SSSR count). The van der Waals surface area contributed by atoms with E-state index in [0.717, 1.165) is 5.75 Å². The molecule has 1 aliphatic rings. The van der Waals surface area contributed by atoms with Crippen molar-refractivity contribution in [3.05, 3.63) is 84.7 Å². The van der Waals surface area contributed by atoms with Crippen LogP contribution in [0.5, 0.6) is 11.5 Å². The summed E-state index contributed by atoms with van der Waals surface area (Å²) in [6, 6.07) is 21.5. The molecule has 1 fully saturated rings. The van der Waals surface area contributed by atoms with Gasteiger partial charge in [-0.2, -0.15) is 0 Å². The second kappa shape index (κ2) is 8.65. The normalized spacial score (nSPS) is 15.7. The van der Waals surface area contributed by atoms with Gasteiger partial charge >= 0.3 is 6.03 Å². The highest BCUT2D eigenvalue weighted by molar-refractivity contribution is 5.97. The lowest BCUT2D eigenvalue weighted by Crippen LogP contribution is -2.39. The van der Waals surface area contributed by atoms with Gasteiger partial charge in [0.05, 0.1) is 6.04 Å². The molecule has 1 heterocycles. The minimum Gasteiger partial charge on any atom is -0.457 e. The minimum absolute atomic E-state index is 0.159. The Hall–Kier alpha value is -3.87. The lowest BCUT2D eigenvalue weighted by molar-refractivity contribution is -0.117. The van der Waals surface area contributed by atoms with E-state index in [9.17, 15) is 14.0 Å². The number of hydrogen-bond acceptors (Lipinski definition) is 3. The topological polar surface area (TPSA) is 70.7 Å². The maximum absolute atomic E-state index is 13.4. The standard InChI is InChI=1S/C23H20FN3O3/c24-16-5-4-6-19(13-16)27-15-18(14-22(27)28)26-23(29)25-17-9-11-21(12-10-17)30-20-7-2-1-3-8-20/h1-13,18H,14-15H2,(H2,25,26,29). The number of rotatable bonds is 5. The van der Waals surface area contributed by atoms with E-state index in [-0.39, 0.29) is 18.4 Å². The molecule has 0 spiro atoms. The van der Waals surface area contributed by atoms with E-state index in [1.165, 1.54) is 17.0 Å². The average Bonchev–Trinajstić information content (AvgIpc) is 3.10. The quantitative estimate of drug-likeness (QED) is 0.655. The van der Waals surface area contributed by atoms with Crippen LogP contribution in [-0.4, -0.2) is 24.5 Å². The number of halogens is 1. The number of benzene rings is 3. The third-order valence-corrected chi connectivity index (χ3v) is 4.67. The minimum atomic E-state index is -0.411. The maximum atomic E-state index is 13.4. The second-order valence-corrected chi connectivity index (χ2v) is 6.92. The van der Waals surface area contributed by atoms with Gasteiger partial charge in [0.15, 0.2) is 0 Å². The first-order valence-corrected chi connectivity index (χ1v) is 9.53. The average molecular weight is 405 g/mol. The summed E-state index contributed by atoms with van der Waals surface area (Å²) >= 11 is 0. The summed E-state index contributed by atoms with van der Waals surface area (Å²) < 4.78 is 19.1. The molecule has 0 saturated carbocycles. The Kier molecular flexibility index (Phi) is 5.61. The van der Waals surface area contributed by atoms with Crippen LogP contribution in [0.2, 0.25) is 0 Å². The first-order chi connectivity index (χ1) is 14.6. The molecule has 0 aliphatic carbocycles. The van der Waals surface area contributed by atoms with Gasteiger partial charge in [0.25, 0.3) is 0 Å². The monoisotopic (exact) mass is 405 g/mol. The van der Waals surface area contributed by atoms with E-state index >= 15 is 0 Å². The third kappa shape index (κ3) is 4.75. The molecule has 3 aromatic rings. The van der Waals surface area contributed by atoms with Gasteiger partial charge in [0.1, 0.15) is 17.3 Å². The van der Waals surface area contributed by atoms with Crippen LogP contribution in [0.25, 0.3) is 0 Å². The molecule has 7 heteroatoms. The van der Waals surface area contributed by atoms with Crippen LogP contribution < -0.4 is 20.3 Å². The van der Waals surface area contributed by atoms with Gasteiger partial charge < -0.3 is 20.3 Å². The second-order valence-electron chi connectivity index (χ2n) is 6.92. The number of ether oxygens (including phenoxy) is 1. The number of hydrogen-bond donors (Lipinski definition) is 2. The zero-order chi connectivity index (χ0) is 20.9. The highest BCUT2D eigenvalue weighted by atomic mass is 19.1. The van der Waals surface area contributed by atoms with Gasteiger partial charge in [-0.3, -0.25) is 4.79 Å². The molecular formula is C23H20FN3O3. The fourth-order valence-electron chi connectivity index (χ4n) is 3.28. The summed E-state index contributed by atoms with van der Waals surface area (Å²) in [4.78, 5) is 26.0. The summed E-state index contributed by atoms with van der Waals surface area (Å²) in [6.45, 7) is 0.291. The van der Waals surface area contributed by atoms with E-state index < -0.39 is 11.8 Å². The van der Waals surface area contributed by atoms with Crippen molar-refractivity contribution in [3.8, 4) is 11.5 Å². The summed E-state index contributed by atoms with van der Waals surface area (Å²) in [5.41, 5.74) is 1.08. The summed E-state index contributed by atoms with van der Waals surface area (Å²) in [5, 5.41) is 5.53. The van der Waals surface area contributed by atoms with Crippen LogP contribution >= 0.6 is 0 Å². The first-order valence-electron chi connectivity index (χ1n) is 9.53. The fourth-order valence-corrected chi connectivity index (χ4v) is 3.28. The van der Waals surface area contributed by atoms with E-state index in [1.54, 1.807) is 36.4 Å². The number of nitrogens with zero attached hydrogens (tertiary/aromatic N) is 1. The van der Waals surface area contributed by atoms with E-state index in [1.807, 2.05) is 30.3 Å². The molecule has 0 aromatic heterocycles. The zero-order valence-electron chi connectivity index (χ0n) is 16.0. The van der Waals surface area contributed by atoms with Gasteiger partial charge in [-0.1, -0.05) is 24.3 Å². The van der Waals surface area contributed by atoms with Crippen LogP contribution in [0.1, 0.15) is 6.42 Å². The van der Waals surface area contributed by atoms with Crippen molar-refractivity contribution in [2.75, 3.05) is 16.8 Å². The van der Waals surface area contributed by atoms with Crippen LogP contribution in [0.3, 0.4) is 0 Å². The Balaban J connectivity index is 1.31. The Bertz CT molecular complexity index is 1040. The van der Waals surface area contributed by atoms with Crippen molar-refractivity contribution in [1.29, 1.82) is 0 Å². The molecular weight excluding hydrogens is 385 g/mol. The molecule has 2 N–H and O–H groups in total. The van der Waals surface area contributed by atoms with Crippen molar-refractivity contribution < 1.29 is 18.7 Å². The van der Waals surface area contributed by atoms with E-state index in [4.69, 9.17) is 4.74 Å². The molecule has 0 radical (unpaired) electrons. The predicted molar refractivity (Wildman–Crippen MR) is 112 cm³/mol. The van der Waals surface area contributed by atoms with Gasteiger partial charge in [-0.15, -0.1) is 0 Å². The summed E-state index contributed by atoms with van der Waals surface area (Å²) in [6.07, 6.45) is 0.161. The van der Waals surface area contributed by atoms with Crippen LogP contribution in [0, 0.1) is 5.82 Å². The number of anilines is 2. The molecule has 1 saturated heterocycles. The highest BCUT2D eigenvalue weighted by Crippen LogP contribution is 2.24. The Morgan fingerprint density at radius 2 is 1.70 bits per heavy atom. The van der Waals surface area contributed by atoms with Crippen LogP contribution in [0.15, 0.2) is 78.9 Å².